The summed E-state index contributed by atoms with van der Waals surface area (Å²) in [7, 11) is 0. The fraction of sp³-hybridized carbons (Fsp3) is 0.333. The van der Waals surface area contributed by atoms with E-state index in [-0.39, 0.29) is 25.8 Å². The highest BCUT2D eigenvalue weighted by molar-refractivity contribution is 6.66. The van der Waals surface area contributed by atoms with Crippen LogP contribution in [0.3, 0.4) is 0 Å². The number of rotatable bonds is 3. The van der Waals surface area contributed by atoms with Crippen LogP contribution in [0.1, 0.15) is 0 Å². The van der Waals surface area contributed by atoms with Crippen LogP contribution in [0.5, 0.6) is 0 Å². The maximum atomic E-state index is 13.0. The minimum Gasteiger partial charge on any atom is -0.481 e. The van der Waals surface area contributed by atoms with E-state index in [0.29, 0.717) is 0 Å². The number of carboxylic acids is 1. The molecule has 2 aliphatic rings. The van der Waals surface area contributed by atoms with Crippen molar-refractivity contribution in [2.45, 2.75) is 14.1 Å². The maximum absolute atomic E-state index is 13.0. The molecular formula is C15H7Cl8NO3. The zero-order chi connectivity index (χ0) is 20.5. The van der Waals surface area contributed by atoms with E-state index < -0.39 is 37.8 Å². The lowest BCUT2D eigenvalue weighted by Crippen LogP contribution is -2.47. The van der Waals surface area contributed by atoms with Crippen molar-refractivity contribution in [3.05, 3.63) is 38.3 Å². The molecule has 4 atom stereocenters. The molecule has 0 heterocycles. The second-order valence-corrected chi connectivity index (χ2v) is 10.1. The molecular weight excluding hydrogens is 526 g/mol. The summed E-state index contributed by atoms with van der Waals surface area (Å²) in [6.45, 7) is 0. The zero-order valence-corrected chi connectivity index (χ0v) is 18.7. The van der Waals surface area contributed by atoms with Gasteiger partial charge in [-0.05, 0) is 12.1 Å². The van der Waals surface area contributed by atoms with Crippen molar-refractivity contribution >= 4 is 110 Å². The Balaban J connectivity index is 2.13. The molecule has 0 spiro atoms. The number of hydrogen-bond donors (Lipinski definition) is 2. The first-order valence-corrected chi connectivity index (χ1v) is 10.1. The predicted molar refractivity (Wildman–Crippen MR) is 110 cm³/mol. The van der Waals surface area contributed by atoms with Crippen LogP contribution in [0, 0.1) is 11.8 Å². The normalized spacial score (nSPS) is 34.1. The Morgan fingerprint density at radius 3 is 1.96 bits per heavy atom. The van der Waals surface area contributed by atoms with Gasteiger partial charge in [0.1, 0.15) is 9.75 Å². The monoisotopic (exact) mass is 529 g/mol. The van der Waals surface area contributed by atoms with Gasteiger partial charge in [0.15, 0.2) is 4.33 Å². The van der Waals surface area contributed by atoms with Crippen LogP contribution in [0.4, 0.5) is 5.69 Å². The summed E-state index contributed by atoms with van der Waals surface area (Å²) in [5.74, 6) is -5.57. The number of nitrogens with one attached hydrogen (secondary N) is 1. The molecule has 27 heavy (non-hydrogen) atoms. The number of hydrogen-bond acceptors (Lipinski definition) is 2. The van der Waals surface area contributed by atoms with E-state index in [0.717, 1.165) is 0 Å². The van der Waals surface area contributed by atoms with Crippen molar-refractivity contribution in [2.24, 2.45) is 11.8 Å². The van der Waals surface area contributed by atoms with Gasteiger partial charge in [0.25, 0.3) is 0 Å². The molecule has 0 aliphatic heterocycles. The molecule has 1 fully saturated rings. The lowest BCUT2D eigenvalue weighted by Gasteiger charge is -2.33. The number of fused-ring (bicyclic) bond motifs is 2. The number of carbonyl (C=O) groups excluding carboxylic acids is 1. The topological polar surface area (TPSA) is 66.4 Å². The summed E-state index contributed by atoms with van der Waals surface area (Å²) in [5, 5.41) is 11.8. The van der Waals surface area contributed by atoms with E-state index in [1.807, 2.05) is 0 Å². The third-order valence-corrected chi connectivity index (χ3v) is 9.77. The van der Waals surface area contributed by atoms with E-state index in [2.05, 4.69) is 5.32 Å². The molecule has 0 saturated heterocycles. The molecule has 2 N–H and O–H groups in total. The van der Waals surface area contributed by atoms with Crippen LogP contribution in [-0.4, -0.2) is 31.1 Å². The van der Waals surface area contributed by atoms with Gasteiger partial charge in [0.05, 0.1) is 37.6 Å². The Hall–Kier alpha value is 0.220. The molecule has 12 heteroatoms. The fourth-order valence-electron chi connectivity index (χ4n) is 3.44. The Bertz CT molecular complexity index is 903. The van der Waals surface area contributed by atoms with Crippen molar-refractivity contribution in [2.75, 3.05) is 5.32 Å². The molecule has 146 valence electrons. The molecule has 2 bridgehead atoms. The molecule has 2 aliphatic carbocycles. The number of amides is 1. The summed E-state index contributed by atoms with van der Waals surface area (Å²) in [4.78, 5) is 20.8. The van der Waals surface area contributed by atoms with Gasteiger partial charge in [-0.1, -0.05) is 75.7 Å². The highest BCUT2D eigenvalue weighted by Crippen LogP contribution is 2.76. The maximum Gasteiger partial charge on any atom is 0.309 e. The molecule has 3 rings (SSSR count). The summed E-state index contributed by atoms with van der Waals surface area (Å²) in [6, 6.07) is 4.51. The van der Waals surface area contributed by atoms with Crippen LogP contribution in [0.25, 0.3) is 0 Å². The SMILES string of the molecule is O=C(O)[C@H]1[C@H](C(=O)Nc2cccc(Cl)c2Cl)[C@]2(Cl)C(Cl)=C(Cl)[C@]1(Cl)C2(Cl)Cl. The van der Waals surface area contributed by atoms with Gasteiger partial charge >= 0.3 is 5.97 Å². The Kier molecular flexibility index (Phi) is 5.59. The fourth-order valence-corrected chi connectivity index (χ4v) is 6.72. The van der Waals surface area contributed by atoms with Crippen LogP contribution in [0.2, 0.25) is 10.0 Å². The lowest BCUT2D eigenvalue weighted by atomic mass is 9.81. The Morgan fingerprint density at radius 1 is 0.926 bits per heavy atom. The number of carbonyl (C=O) groups is 2. The summed E-state index contributed by atoms with van der Waals surface area (Å²) in [5.41, 5.74) is 0.130. The first kappa shape index (κ1) is 21.9. The van der Waals surface area contributed by atoms with E-state index in [1.54, 1.807) is 0 Å². The van der Waals surface area contributed by atoms with E-state index >= 15 is 0 Å². The quantitative estimate of drug-likeness (QED) is 0.463. The van der Waals surface area contributed by atoms with Crippen molar-refractivity contribution < 1.29 is 14.7 Å². The van der Waals surface area contributed by atoms with Crippen LogP contribution in [-0.2, 0) is 9.59 Å². The van der Waals surface area contributed by atoms with Crippen molar-refractivity contribution in [1.29, 1.82) is 0 Å². The molecule has 0 radical (unpaired) electrons. The van der Waals surface area contributed by atoms with E-state index in [9.17, 15) is 14.7 Å². The highest BCUT2D eigenvalue weighted by Gasteiger charge is 2.85. The number of benzene rings is 1. The second-order valence-electron chi connectivity index (χ2n) is 6.01. The Morgan fingerprint density at radius 2 is 1.44 bits per heavy atom. The summed E-state index contributed by atoms with van der Waals surface area (Å²) in [6.07, 6.45) is 0. The number of halogens is 8. The van der Waals surface area contributed by atoms with Crippen molar-refractivity contribution in [3.8, 4) is 0 Å². The van der Waals surface area contributed by atoms with E-state index in [1.165, 1.54) is 18.2 Å². The van der Waals surface area contributed by atoms with Gasteiger partial charge in [-0.3, -0.25) is 9.59 Å². The minimum absolute atomic E-state index is 0.0504. The molecule has 1 amide bonds. The molecule has 4 nitrogen and oxygen atoms in total. The smallest absolute Gasteiger partial charge is 0.309 e. The lowest BCUT2D eigenvalue weighted by molar-refractivity contribution is -0.146. The zero-order valence-electron chi connectivity index (χ0n) is 12.7. The number of anilines is 1. The van der Waals surface area contributed by atoms with Crippen molar-refractivity contribution in [1.82, 2.24) is 0 Å². The van der Waals surface area contributed by atoms with Gasteiger partial charge in [-0.2, -0.15) is 0 Å². The number of alkyl halides is 4. The third-order valence-electron chi connectivity index (χ3n) is 4.69. The van der Waals surface area contributed by atoms with Gasteiger partial charge in [-0.15, -0.1) is 23.2 Å². The molecule has 1 aromatic rings. The first-order chi connectivity index (χ1) is 12.3. The van der Waals surface area contributed by atoms with Crippen molar-refractivity contribution in [3.63, 3.8) is 0 Å². The van der Waals surface area contributed by atoms with Crippen LogP contribution >= 0.6 is 92.8 Å². The number of allylic oxidation sites excluding steroid dienone is 2. The van der Waals surface area contributed by atoms with Gasteiger partial charge < -0.3 is 10.4 Å². The van der Waals surface area contributed by atoms with Gasteiger partial charge in [-0.25, -0.2) is 0 Å². The van der Waals surface area contributed by atoms with E-state index in [4.69, 9.17) is 92.8 Å². The second kappa shape index (κ2) is 6.88. The number of carboxylic acid groups (broad SMARTS) is 1. The predicted octanol–water partition coefficient (Wildman–Crippen LogP) is 6.09. The average molecular weight is 533 g/mol. The summed E-state index contributed by atoms with van der Waals surface area (Å²) < 4.78 is -2.18. The molecule has 0 aromatic heterocycles. The Labute approximate surface area is 193 Å². The van der Waals surface area contributed by atoms with Gasteiger partial charge in [0, 0.05) is 0 Å². The molecule has 0 unspecified atom stereocenters. The van der Waals surface area contributed by atoms with Gasteiger partial charge in [0.2, 0.25) is 5.91 Å². The first-order valence-electron chi connectivity index (χ1n) is 7.13. The standard InChI is InChI=1S/C15H7Cl8NO3/c16-4-2-1-3-5(8(4)17)24-11(25)6-7(12(26)27)14(21)10(19)9(18)13(6,20)15(14,22)23/h1-3,6-7H,(H,24,25)(H,26,27)/t6-,7-,13+,14+/m1/s1. The third kappa shape index (κ3) is 2.65. The highest BCUT2D eigenvalue weighted by atomic mass is 35.5. The molecule has 1 aromatic carbocycles. The average Bonchev–Trinajstić information content (AvgIpc) is 2.79. The van der Waals surface area contributed by atoms with Crippen LogP contribution < -0.4 is 5.32 Å². The number of aliphatic carboxylic acids is 1. The largest absolute Gasteiger partial charge is 0.481 e. The minimum atomic E-state index is -2.18. The van der Waals surface area contributed by atoms with Crippen LogP contribution in [0.15, 0.2) is 28.3 Å². The summed E-state index contributed by atoms with van der Waals surface area (Å²) >= 11 is 50.0. The molecule has 1 saturated carbocycles.